The van der Waals surface area contributed by atoms with Gasteiger partial charge in [0.05, 0.1) is 30.5 Å². The van der Waals surface area contributed by atoms with Gasteiger partial charge in [0.15, 0.2) is 0 Å². The van der Waals surface area contributed by atoms with Crippen LogP contribution in [0.25, 0.3) is 0 Å². The summed E-state index contributed by atoms with van der Waals surface area (Å²) in [5.74, 6) is -0.798. The molecular formula is C10H15N3O4. The van der Waals surface area contributed by atoms with Crippen molar-refractivity contribution in [3.63, 3.8) is 0 Å². The Morgan fingerprint density at radius 1 is 1.65 bits per heavy atom. The number of hydrogen-bond donors (Lipinski definition) is 3. The maximum atomic E-state index is 10.8. The number of aryl methyl sites for hydroxylation is 1. The summed E-state index contributed by atoms with van der Waals surface area (Å²) in [6.45, 7) is 1.76. The average Bonchev–Trinajstić information content (AvgIpc) is 2.28. The summed E-state index contributed by atoms with van der Waals surface area (Å²) in [5, 5.41) is 20.7. The van der Waals surface area contributed by atoms with Gasteiger partial charge in [-0.25, -0.2) is 14.8 Å². The highest BCUT2D eigenvalue weighted by molar-refractivity contribution is 5.88. The highest BCUT2D eigenvalue weighted by atomic mass is 16.5. The molecule has 0 aromatic carbocycles. The summed E-state index contributed by atoms with van der Waals surface area (Å²) in [5.41, 5.74) is 0.423. The third-order valence-corrected chi connectivity index (χ3v) is 2.13. The molecule has 0 aliphatic heterocycles. The number of ether oxygens (including phenoxy) is 1. The SMILES string of the molecule is COCC(CO)Nc1ncc(C(=O)O)c(C)n1. The lowest BCUT2D eigenvalue weighted by atomic mass is 10.2. The lowest BCUT2D eigenvalue weighted by Crippen LogP contribution is -2.29. The minimum Gasteiger partial charge on any atom is -0.478 e. The highest BCUT2D eigenvalue weighted by Gasteiger charge is 2.12. The molecule has 0 radical (unpaired) electrons. The second kappa shape index (κ2) is 6.12. The zero-order valence-corrected chi connectivity index (χ0v) is 9.67. The van der Waals surface area contributed by atoms with E-state index in [-0.39, 0.29) is 24.2 Å². The molecule has 7 heteroatoms. The van der Waals surface area contributed by atoms with E-state index >= 15 is 0 Å². The second-order valence-electron chi connectivity index (χ2n) is 3.48. The van der Waals surface area contributed by atoms with Gasteiger partial charge in [0, 0.05) is 13.3 Å². The molecule has 1 atom stereocenters. The van der Waals surface area contributed by atoms with Crippen LogP contribution in [0.2, 0.25) is 0 Å². The molecule has 0 aliphatic rings. The minimum absolute atomic E-state index is 0.0582. The van der Waals surface area contributed by atoms with Gasteiger partial charge in [-0.2, -0.15) is 0 Å². The molecular weight excluding hydrogens is 226 g/mol. The summed E-state index contributed by atoms with van der Waals surface area (Å²) >= 11 is 0. The lowest BCUT2D eigenvalue weighted by Gasteiger charge is -2.15. The summed E-state index contributed by atoms with van der Waals surface area (Å²) in [6.07, 6.45) is 1.23. The predicted molar refractivity (Wildman–Crippen MR) is 60.1 cm³/mol. The van der Waals surface area contributed by atoms with E-state index in [1.165, 1.54) is 13.3 Å². The van der Waals surface area contributed by atoms with Gasteiger partial charge < -0.3 is 20.3 Å². The van der Waals surface area contributed by atoms with Crippen LogP contribution in [0.1, 0.15) is 16.1 Å². The number of carboxylic acid groups (broad SMARTS) is 1. The molecule has 0 spiro atoms. The van der Waals surface area contributed by atoms with Gasteiger partial charge in [0.1, 0.15) is 0 Å². The van der Waals surface area contributed by atoms with Gasteiger partial charge >= 0.3 is 5.97 Å². The Morgan fingerprint density at radius 2 is 2.35 bits per heavy atom. The van der Waals surface area contributed by atoms with Crippen molar-refractivity contribution >= 4 is 11.9 Å². The van der Waals surface area contributed by atoms with Crippen molar-refractivity contribution in [1.82, 2.24) is 9.97 Å². The first-order chi connectivity index (χ1) is 8.08. The fourth-order valence-corrected chi connectivity index (χ4v) is 1.27. The molecule has 17 heavy (non-hydrogen) atoms. The molecule has 0 fully saturated rings. The normalized spacial score (nSPS) is 12.2. The van der Waals surface area contributed by atoms with Gasteiger partial charge in [-0.1, -0.05) is 0 Å². The zero-order valence-electron chi connectivity index (χ0n) is 9.67. The van der Waals surface area contributed by atoms with Crippen LogP contribution in [-0.2, 0) is 4.74 Å². The van der Waals surface area contributed by atoms with E-state index in [9.17, 15) is 4.79 Å². The van der Waals surface area contributed by atoms with E-state index in [4.69, 9.17) is 14.9 Å². The zero-order chi connectivity index (χ0) is 12.8. The third-order valence-electron chi connectivity index (χ3n) is 2.13. The van der Waals surface area contributed by atoms with Crippen molar-refractivity contribution in [2.24, 2.45) is 0 Å². The first kappa shape index (κ1) is 13.3. The van der Waals surface area contributed by atoms with E-state index in [1.807, 2.05) is 0 Å². The van der Waals surface area contributed by atoms with Crippen molar-refractivity contribution in [1.29, 1.82) is 0 Å². The smallest absolute Gasteiger partial charge is 0.339 e. The summed E-state index contributed by atoms with van der Waals surface area (Å²) < 4.78 is 4.89. The van der Waals surface area contributed by atoms with Crippen LogP contribution >= 0.6 is 0 Å². The number of carboxylic acids is 1. The lowest BCUT2D eigenvalue weighted by molar-refractivity contribution is 0.0695. The Morgan fingerprint density at radius 3 is 2.82 bits per heavy atom. The summed E-state index contributed by atoms with van der Waals surface area (Å²) in [6, 6.07) is -0.324. The number of nitrogens with one attached hydrogen (secondary N) is 1. The molecule has 1 rings (SSSR count). The maximum Gasteiger partial charge on any atom is 0.339 e. The monoisotopic (exact) mass is 241 g/mol. The average molecular weight is 241 g/mol. The van der Waals surface area contributed by atoms with Gasteiger partial charge in [0.2, 0.25) is 5.95 Å². The van der Waals surface area contributed by atoms with Crippen LogP contribution in [0.15, 0.2) is 6.20 Å². The van der Waals surface area contributed by atoms with Crippen molar-refractivity contribution in [2.75, 3.05) is 25.6 Å². The Bertz CT molecular complexity index is 397. The summed E-state index contributed by atoms with van der Waals surface area (Å²) in [7, 11) is 1.52. The molecule has 0 saturated heterocycles. The quantitative estimate of drug-likeness (QED) is 0.638. The molecule has 0 bridgehead atoms. The van der Waals surface area contributed by atoms with Gasteiger partial charge in [-0.3, -0.25) is 0 Å². The molecule has 0 saturated carbocycles. The van der Waals surface area contributed by atoms with Crippen molar-refractivity contribution < 1.29 is 19.7 Å². The topological polar surface area (TPSA) is 105 Å². The number of anilines is 1. The number of carbonyl (C=O) groups is 1. The molecule has 1 aromatic rings. The molecule has 1 aromatic heterocycles. The fraction of sp³-hybridized carbons (Fsp3) is 0.500. The molecule has 94 valence electrons. The number of aromatic nitrogens is 2. The number of aliphatic hydroxyl groups is 1. The van der Waals surface area contributed by atoms with Crippen molar-refractivity contribution in [3.05, 3.63) is 17.5 Å². The number of aromatic carboxylic acids is 1. The van der Waals surface area contributed by atoms with E-state index in [0.29, 0.717) is 12.3 Å². The highest BCUT2D eigenvalue weighted by Crippen LogP contribution is 2.07. The van der Waals surface area contributed by atoms with E-state index in [2.05, 4.69) is 15.3 Å². The van der Waals surface area contributed by atoms with Crippen LogP contribution < -0.4 is 5.32 Å². The Hall–Kier alpha value is -1.73. The number of methoxy groups -OCH3 is 1. The Balaban J connectivity index is 2.79. The van der Waals surface area contributed by atoms with Gasteiger partial charge in [-0.05, 0) is 6.92 Å². The minimum atomic E-state index is -1.07. The Labute approximate surface area is 98.5 Å². The van der Waals surface area contributed by atoms with E-state index in [1.54, 1.807) is 6.92 Å². The fourth-order valence-electron chi connectivity index (χ4n) is 1.27. The van der Waals surface area contributed by atoms with Gasteiger partial charge in [0.25, 0.3) is 0 Å². The van der Waals surface area contributed by atoms with E-state index < -0.39 is 5.97 Å². The van der Waals surface area contributed by atoms with Crippen LogP contribution in [0.4, 0.5) is 5.95 Å². The maximum absolute atomic E-state index is 10.8. The van der Waals surface area contributed by atoms with Crippen LogP contribution in [-0.4, -0.2) is 52.5 Å². The van der Waals surface area contributed by atoms with Crippen LogP contribution in [0.5, 0.6) is 0 Å². The molecule has 1 heterocycles. The predicted octanol–water partition coefficient (Wildman–Crippen LogP) is -0.0976. The largest absolute Gasteiger partial charge is 0.478 e. The van der Waals surface area contributed by atoms with Crippen LogP contribution in [0.3, 0.4) is 0 Å². The molecule has 1 unspecified atom stereocenters. The van der Waals surface area contributed by atoms with Crippen molar-refractivity contribution in [3.8, 4) is 0 Å². The number of aliphatic hydroxyl groups excluding tert-OH is 1. The molecule has 7 nitrogen and oxygen atoms in total. The Kier molecular flexibility index (Phi) is 4.80. The van der Waals surface area contributed by atoms with Crippen molar-refractivity contribution in [2.45, 2.75) is 13.0 Å². The van der Waals surface area contributed by atoms with Crippen LogP contribution in [0, 0.1) is 6.92 Å². The molecule has 3 N–H and O–H groups in total. The third kappa shape index (κ3) is 3.65. The first-order valence-corrected chi connectivity index (χ1v) is 5.01. The first-order valence-electron chi connectivity index (χ1n) is 5.01. The second-order valence-corrected chi connectivity index (χ2v) is 3.48. The van der Waals surface area contributed by atoms with E-state index in [0.717, 1.165) is 0 Å². The standard InChI is InChI=1S/C10H15N3O4/c1-6-8(9(15)16)3-11-10(12-6)13-7(4-14)5-17-2/h3,7,14H,4-5H2,1-2H3,(H,15,16)(H,11,12,13). The molecule has 0 amide bonds. The number of rotatable bonds is 6. The number of nitrogens with zero attached hydrogens (tertiary/aromatic N) is 2. The van der Waals surface area contributed by atoms with Gasteiger partial charge in [-0.15, -0.1) is 0 Å². The summed E-state index contributed by atoms with van der Waals surface area (Å²) in [4.78, 5) is 18.6. The number of hydrogen-bond acceptors (Lipinski definition) is 6. The molecule has 0 aliphatic carbocycles.